The van der Waals surface area contributed by atoms with E-state index in [1.54, 1.807) is 18.2 Å². The van der Waals surface area contributed by atoms with Crippen LogP contribution in [0.15, 0.2) is 46.3 Å². The predicted octanol–water partition coefficient (Wildman–Crippen LogP) is 5.46. The molecule has 1 saturated heterocycles. The van der Waals surface area contributed by atoms with Gasteiger partial charge in [-0.15, -0.1) is 0 Å². The fraction of sp³-hybridized carbons (Fsp3) is 0.429. The Morgan fingerprint density at radius 3 is 2.31 bits per heavy atom. The van der Waals surface area contributed by atoms with Crippen LogP contribution in [0.4, 0.5) is 26.3 Å². The average Bonchev–Trinajstić information content (AvgIpc) is 3.29. The molecular weight excluding hydrogens is 586 g/mol. The first-order valence-corrected chi connectivity index (χ1v) is 13.8. The van der Waals surface area contributed by atoms with Crippen molar-refractivity contribution in [1.82, 2.24) is 14.7 Å². The highest BCUT2D eigenvalue weighted by Crippen LogP contribution is 2.39. The number of alkyl halides is 6. The zero-order valence-corrected chi connectivity index (χ0v) is 24.0. The summed E-state index contributed by atoms with van der Waals surface area (Å²) in [5.41, 5.74) is -2.71. The lowest BCUT2D eigenvalue weighted by Crippen LogP contribution is -2.49. The van der Waals surface area contributed by atoms with Crippen LogP contribution in [0.5, 0.6) is 11.5 Å². The summed E-state index contributed by atoms with van der Waals surface area (Å²) in [5.74, 6) is -0.108. The molecule has 0 saturated carbocycles. The Hall–Kier alpha value is -3.23. The van der Waals surface area contributed by atoms with E-state index in [0.29, 0.717) is 21.7 Å². The number of likely N-dealkylation sites (N-methyl/N-ethyl adjacent to an activating group) is 1. The van der Waals surface area contributed by atoms with Crippen LogP contribution >= 0.6 is 11.8 Å². The molecule has 0 aliphatic carbocycles. The van der Waals surface area contributed by atoms with Gasteiger partial charge in [-0.1, -0.05) is 12.1 Å². The van der Waals surface area contributed by atoms with Crippen molar-refractivity contribution in [3.63, 3.8) is 0 Å². The van der Waals surface area contributed by atoms with Gasteiger partial charge in [0.2, 0.25) is 0 Å². The summed E-state index contributed by atoms with van der Waals surface area (Å²) in [6.07, 6.45) is -8.29. The number of ether oxygens (including phenoxy) is 2. The van der Waals surface area contributed by atoms with Gasteiger partial charge in [-0.3, -0.25) is 9.69 Å². The van der Waals surface area contributed by atoms with Crippen LogP contribution in [-0.4, -0.2) is 86.2 Å². The summed E-state index contributed by atoms with van der Waals surface area (Å²) in [5, 5.41) is 0.641. The third-order valence-electron chi connectivity index (χ3n) is 6.73. The van der Waals surface area contributed by atoms with Crippen LogP contribution < -0.4 is 9.47 Å². The van der Waals surface area contributed by atoms with Gasteiger partial charge in [0, 0.05) is 44.8 Å². The first-order valence-electron chi connectivity index (χ1n) is 13.0. The zero-order chi connectivity index (χ0) is 30.7. The summed E-state index contributed by atoms with van der Waals surface area (Å²) < 4.78 is 90.2. The normalized spacial score (nSPS) is 17.8. The number of halogens is 6. The van der Waals surface area contributed by atoms with Crippen LogP contribution in [0.2, 0.25) is 0 Å². The Labute approximate surface area is 243 Å². The minimum Gasteiger partial charge on any atom is -0.493 e. The molecular formula is C28H30F6N4O3S. The molecule has 4 rings (SSSR count). The first kappa shape index (κ1) is 31.7. The van der Waals surface area contributed by atoms with Gasteiger partial charge in [0.1, 0.15) is 6.61 Å². The molecule has 228 valence electrons. The van der Waals surface area contributed by atoms with Crippen molar-refractivity contribution in [2.75, 3.05) is 60.5 Å². The molecule has 7 nitrogen and oxygen atoms in total. The molecule has 0 N–H and O–H groups in total. The number of rotatable bonds is 8. The Bertz CT molecular complexity index is 1350. The number of benzene rings is 2. The highest BCUT2D eigenvalue weighted by molar-refractivity contribution is 8.18. The molecule has 0 aromatic heterocycles. The van der Waals surface area contributed by atoms with Crippen molar-refractivity contribution in [3.05, 3.63) is 63.6 Å². The van der Waals surface area contributed by atoms with E-state index in [1.165, 1.54) is 24.9 Å². The number of aliphatic imine (C=N–C) groups is 1. The van der Waals surface area contributed by atoms with E-state index >= 15 is 0 Å². The zero-order valence-electron chi connectivity index (χ0n) is 23.2. The summed E-state index contributed by atoms with van der Waals surface area (Å²) >= 11 is 1.27. The largest absolute Gasteiger partial charge is 0.493 e. The van der Waals surface area contributed by atoms with E-state index in [-0.39, 0.29) is 23.5 Å². The van der Waals surface area contributed by atoms with Gasteiger partial charge in [-0.2, -0.15) is 31.3 Å². The van der Waals surface area contributed by atoms with Crippen LogP contribution in [0.3, 0.4) is 0 Å². The lowest BCUT2D eigenvalue weighted by Gasteiger charge is -2.35. The SMILES string of the molecule is COc1cc(/C=C2\SC(N3CCN(CCN(C)C)CC3)=NC2=O)ccc1OCc1ccc(C(F)(F)F)cc1C(F)(F)F. The van der Waals surface area contributed by atoms with Crippen molar-refractivity contribution < 1.29 is 40.6 Å². The highest BCUT2D eigenvalue weighted by Gasteiger charge is 2.38. The number of thioether (sulfide) groups is 1. The second kappa shape index (κ2) is 13.0. The van der Waals surface area contributed by atoms with Crippen LogP contribution in [0.25, 0.3) is 6.08 Å². The number of amidine groups is 1. The summed E-state index contributed by atoms with van der Waals surface area (Å²) in [6, 6.07) is 6.01. The van der Waals surface area contributed by atoms with Gasteiger partial charge in [-0.25, -0.2) is 0 Å². The number of carbonyl (C=O) groups is 1. The number of piperazine rings is 1. The van der Waals surface area contributed by atoms with E-state index in [2.05, 4.69) is 19.7 Å². The minimum atomic E-state index is -5.01. The molecule has 1 amide bonds. The van der Waals surface area contributed by atoms with Gasteiger partial charge in [-0.05, 0) is 61.8 Å². The molecule has 2 aromatic rings. The van der Waals surface area contributed by atoms with E-state index in [1.807, 2.05) is 14.1 Å². The Balaban J connectivity index is 1.42. The fourth-order valence-corrected chi connectivity index (χ4v) is 5.34. The Morgan fingerprint density at radius 1 is 0.976 bits per heavy atom. The van der Waals surface area contributed by atoms with Crippen molar-refractivity contribution >= 4 is 28.9 Å². The van der Waals surface area contributed by atoms with E-state index in [4.69, 9.17) is 9.47 Å². The molecule has 14 heteroatoms. The van der Waals surface area contributed by atoms with Crippen molar-refractivity contribution in [1.29, 1.82) is 0 Å². The molecule has 2 aromatic carbocycles. The highest BCUT2D eigenvalue weighted by atomic mass is 32.2. The molecule has 0 atom stereocenters. The Morgan fingerprint density at radius 2 is 1.69 bits per heavy atom. The topological polar surface area (TPSA) is 57.6 Å². The molecule has 0 unspecified atom stereocenters. The van der Waals surface area contributed by atoms with Crippen molar-refractivity contribution in [2.45, 2.75) is 19.0 Å². The third kappa shape index (κ3) is 7.98. The number of nitrogens with zero attached hydrogens (tertiary/aromatic N) is 4. The van der Waals surface area contributed by atoms with Gasteiger partial charge >= 0.3 is 12.4 Å². The predicted molar refractivity (Wildman–Crippen MR) is 148 cm³/mol. The molecule has 0 bridgehead atoms. The number of amides is 1. The molecule has 0 radical (unpaired) electrons. The van der Waals surface area contributed by atoms with Crippen LogP contribution in [0.1, 0.15) is 22.3 Å². The molecule has 0 spiro atoms. The number of carbonyl (C=O) groups excluding carboxylic acids is 1. The molecule has 2 heterocycles. The van der Waals surface area contributed by atoms with Crippen molar-refractivity contribution in [2.24, 2.45) is 4.99 Å². The maximum Gasteiger partial charge on any atom is 0.416 e. The second-order valence-electron chi connectivity index (χ2n) is 10.0. The monoisotopic (exact) mass is 616 g/mol. The molecule has 42 heavy (non-hydrogen) atoms. The summed E-state index contributed by atoms with van der Waals surface area (Å²) in [6.45, 7) is 4.56. The lowest BCUT2D eigenvalue weighted by atomic mass is 10.0. The maximum absolute atomic E-state index is 13.5. The maximum atomic E-state index is 13.5. The first-order chi connectivity index (χ1) is 19.7. The van der Waals surface area contributed by atoms with Crippen LogP contribution in [0, 0.1) is 0 Å². The quantitative estimate of drug-likeness (QED) is 0.289. The van der Waals surface area contributed by atoms with E-state index in [9.17, 15) is 31.1 Å². The number of hydrogen-bond donors (Lipinski definition) is 0. The van der Waals surface area contributed by atoms with Crippen molar-refractivity contribution in [3.8, 4) is 11.5 Å². The summed E-state index contributed by atoms with van der Waals surface area (Å²) in [4.78, 5) is 23.8. The van der Waals surface area contributed by atoms with E-state index in [0.717, 1.165) is 45.3 Å². The molecule has 2 aliphatic heterocycles. The smallest absolute Gasteiger partial charge is 0.416 e. The van der Waals surface area contributed by atoms with Gasteiger partial charge in [0.25, 0.3) is 5.91 Å². The second-order valence-corrected chi connectivity index (χ2v) is 11.0. The average molecular weight is 617 g/mol. The van der Waals surface area contributed by atoms with E-state index < -0.39 is 35.6 Å². The number of methoxy groups -OCH3 is 1. The number of hydrogen-bond acceptors (Lipinski definition) is 7. The van der Waals surface area contributed by atoms with Gasteiger partial charge in [0.05, 0.1) is 23.1 Å². The Kier molecular flexibility index (Phi) is 9.78. The third-order valence-corrected chi connectivity index (χ3v) is 7.77. The van der Waals surface area contributed by atoms with Gasteiger partial charge < -0.3 is 19.3 Å². The molecule has 1 fully saturated rings. The van der Waals surface area contributed by atoms with Gasteiger partial charge in [0.15, 0.2) is 16.7 Å². The lowest BCUT2D eigenvalue weighted by molar-refractivity contribution is -0.143. The standard InChI is InChI=1S/C28H30F6N4O3S/c1-36(2)8-9-37-10-12-38(13-11-37)26-35-25(39)24(42-26)15-18-4-7-22(23(14-18)40-3)41-17-19-5-6-20(27(29,30)31)16-21(19)28(32,33)34/h4-7,14-16H,8-13,17H2,1-3H3/b24-15-. The molecule has 2 aliphatic rings. The minimum absolute atomic E-state index is 0.0723. The van der Waals surface area contributed by atoms with Crippen LogP contribution in [-0.2, 0) is 23.8 Å². The summed E-state index contributed by atoms with van der Waals surface area (Å²) in [7, 11) is 5.41. The fourth-order valence-electron chi connectivity index (χ4n) is 4.38.